The third kappa shape index (κ3) is 2.78. The Morgan fingerprint density at radius 3 is 1.88 bits per heavy atom. The molecule has 94 valence electrons. The van der Waals surface area contributed by atoms with Gasteiger partial charge in [0, 0.05) is 22.0 Å². The van der Waals surface area contributed by atoms with Gasteiger partial charge in [-0.2, -0.15) is 13.2 Å². The van der Waals surface area contributed by atoms with Crippen LogP contribution in [0.15, 0.2) is 21.1 Å². The zero-order valence-corrected chi connectivity index (χ0v) is 12.0. The summed E-state index contributed by atoms with van der Waals surface area (Å²) in [6, 6.07) is 2.27. The molecule has 1 aliphatic rings. The molecule has 0 radical (unpaired) electrons. The van der Waals surface area contributed by atoms with Gasteiger partial charge < -0.3 is 4.90 Å². The summed E-state index contributed by atoms with van der Waals surface area (Å²) in [6.07, 6.45) is -2.14. The molecule has 1 aromatic carbocycles. The molecule has 1 heterocycles. The largest absolute Gasteiger partial charge is 0.416 e. The van der Waals surface area contributed by atoms with Crippen LogP contribution in [0.2, 0.25) is 0 Å². The molecular formula is C11H10Br2F3N. The van der Waals surface area contributed by atoms with Gasteiger partial charge in [0.15, 0.2) is 0 Å². The van der Waals surface area contributed by atoms with Gasteiger partial charge in [-0.15, -0.1) is 0 Å². The molecule has 0 bridgehead atoms. The molecule has 0 saturated carbocycles. The highest BCUT2D eigenvalue weighted by atomic mass is 79.9. The van der Waals surface area contributed by atoms with E-state index in [1.54, 1.807) is 0 Å². The maximum Gasteiger partial charge on any atom is 0.416 e. The van der Waals surface area contributed by atoms with Crippen LogP contribution in [0.5, 0.6) is 0 Å². The van der Waals surface area contributed by atoms with Crippen molar-refractivity contribution in [2.24, 2.45) is 0 Å². The van der Waals surface area contributed by atoms with Crippen LogP contribution in [0, 0.1) is 0 Å². The van der Waals surface area contributed by atoms with Crippen molar-refractivity contribution in [1.29, 1.82) is 0 Å². The number of halogens is 5. The van der Waals surface area contributed by atoms with Crippen molar-refractivity contribution < 1.29 is 13.2 Å². The van der Waals surface area contributed by atoms with Gasteiger partial charge in [-0.25, -0.2) is 0 Å². The lowest BCUT2D eigenvalue weighted by atomic mass is 10.2. The molecule has 1 aromatic rings. The average Bonchev–Trinajstić information content (AvgIpc) is 2.68. The number of hydrogen-bond donors (Lipinski definition) is 0. The molecule has 0 N–H and O–H groups in total. The summed E-state index contributed by atoms with van der Waals surface area (Å²) in [7, 11) is 0. The van der Waals surface area contributed by atoms with E-state index in [-0.39, 0.29) is 0 Å². The number of anilines is 1. The van der Waals surface area contributed by atoms with Crippen LogP contribution in [0.3, 0.4) is 0 Å². The monoisotopic (exact) mass is 371 g/mol. The molecule has 1 aliphatic heterocycles. The Bertz CT molecular complexity index is 402. The maximum absolute atomic E-state index is 12.6. The summed E-state index contributed by atoms with van der Waals surface area (Å²) in [4.78, 5) is 2.09. The second-order valence-electron chi connectivity index (χ2n) is 3.98. The fraction of sp³-hybridized carbons (Fsp3) is 0.455. The number of nitrogens with zero attached hydrogens (tertiary/aromatic N) is 1. The van der Waals surface area contributed by atoms with Crippen molar-refractivity contribution in [2.45, 2.75) is 19.0 Å². The van der Waals surface area contributed by atoms with Gasteiger partial charge in [-0.05, 0) is 56.8 Å². The molecule has 0 aromatic heterocycles. The Morgan fingerprint density at radius 1 is 1.00 bits per heavy atom. The van der Waals surface area contributed by atoms with Crippen molar-refractivity contribution in [3.8, 4) is 0 Å². The fourth-order valence-electron chi connectivity index (χ4n) is 1.97. The lowest BCUT2D eigenvalue weighted by Gasteiger charge is -2.22. The molecule has 1 saturated heterocycles. The van der Waals surface area contributed by atoms with Crippen molar-refractivity contribution in [1.82, 2.24) is 0 Å². The highest BCUT2D eigenvalue weighted by Gasteiger charge is 2.32. The van der Waals surface area contributed by atoms with Crippen LogP contribution in [-0.2, 0) is 6.18 Å². The first-order valence-corrected chi connectivity index (χ1v) is 6.79. The molecule has 1 nitrogen and oxygen atoms in total. The smallest absolute Gasteiger partial charge is 0.370 e. The van der Waals surface area contributed by atoms with E-state index in [1.807, 2.05) is 0 Å². The quantitative estimate of drug-likeness (QED) is 0.682. The lowest BCUT2D eigenvalue weighted by Crippen LogP contribution is -2.19. The van der Waals surface area contributed by atoms with Crippen LogP contribution in [0.1, 0.15) is 18.4 Å². The minimum atomic E-state index is -4.31. The van der Waals surface area contributed by atoms with E-state index in [0.717, 1.165) is 43.8 Å². The second kappa shape index (κ2) is 4.80. The Kier molecular flexibility index (Phi) is 3.73. The summed E-state index contributed by atoms with van der Waals surface area (Å²) in [6.45, 7) is 1.78. The van der Waals surface area contributed by atoms with Crippen LogP contribution in [0.4, 0.5) is 18.9 Å². The van der Waals surface area contributed by atoms with Gasteiger partial charge in [-0.3, -0.25) is 0 Å². The number of alkyl halides is 3. The van der Waals surface area contributed by atoms with Crippen molar-refractivity contribution in [3.63, 3.8) is 0 Å². The van der Waals surface area contributed by atoms with Gasteiger partial charge in [0.2, 0.25) is 0 Å². The summed E-state index contributed by atoms with van der Waals surface area (Å²) < 4.78 is 38.8. The van der Waals surface area contributed by atoms with Gasteiger partial charge in [0.1, 0.15) is 0 Å². The third-order valence-electron chi connectivity index (χ3n) is 2.77. The minimum Gasteiger partial charge on any atom is -0.370 e. The van der Waals surface area contributed by atoms with Crippen molar-refractivity contribution in [2.75, 3.05) is 18.0 Å². The van der Waals surface area contributed by atoms with Crippen LogP contribution >= 0.6 is 31.9 Å². The van der Waals surface area contributed by atoms with E-state index >= 15 is 0 Å². The van der Waals surface area contributed by atoms with E-state index in [4.69, 9.17) is 0 Å². The van der Waals surface area contributed by atoms with Crippen molar-refractivity contribution >= 4 is 37.5 Å². The zero-order valence-electron chi connectivity index (χ0n) is 8.82. The van der Waals surface area contributed by atoms with E-state index < -0.39 is 11.7 Å². The molecule has 17 heavy (non-hydrogen) atoms. The standard InChI is InChI=1S/C11H10Br2F3N/c12-8-5-7(11(14,15)16)6-9(13)10(8)17-3-1-2-4-17/h5-6H,1-4H2. The molecule has 0 amide bonds. The molecule has 6 heteroatoms. The molecule has 1 fully saturated rings. The molecule has 0 spiro atoms. The van der Waals surface area contributed by atoms with Crippen LogP contribution in [0.25, 0.3) is 0 Å². The fourth-order valence-corrected chi connectivity index (χ4v) is 3.66. The average molecular weight is 373 g/mol. The number of hydrogen-bond acceptors (Lipinski definition) is 1. The SMILES string of the molecule is FC(F)(F)c1cc(Br)c(N2CCCC2)c(Br)c1. The highest BCUT2D eigenvalue weighted by molar-refractivity contribution is 9.11. The predicted molar refractivity (Wildman–Crippen MR) is 68.3 cm³/mol. The topological polar surface area (TPSA) is 3.24 Å². The van der Waals surface area contributed by atoms with E-state index in [0.29, 0.717) is 8.95 Å². The molecule has 0 aliphatic carbocycles. The first-order chi connectivity index (χ1) is 7.89. The van der Waals surface area contributed by atoms with Gasteiger partial charge in [-0.1, -0.05) is 0 Å². The predicted octanol–water partition coefficient (Wildman–Crippen LogP) is 4.83. The number of benzene rings is 1. The molecular weight excluding hydrogens is 363 g/mol. The Balaban J connectivity index is 2.42. The summed E-state index contributed by atoms with van der Waals surface area (Å²) in [5, 5.41) is 0. The zero-order chi connectivity index (χ0) is 12.6. The number of rotatable bonds is 1. The van der Waals surface area contributed by atoms with Gasteiger partial charge >= 0.3 is 6.18 Å². The maximum atomic E-state index is 12.6. The summed E-state index contributed by atoms with van der Waals surface area (Å²) in [5.41, 5.74) is 0.176. The normalized spacial score (nSPS) is 16.6. The van der Waals surface area contributed by atoms with Crippen LogP contribution in [-0.4, -0.2) is 13.1 Å². The Morgan fingerprint density at radius 2 is 1.47 bits per heavy atom. The Hall–Kier alpha value is -0.230. The lowest BCUT2D eigenvalue weighted by molar-refractivity contribution is -0.137. The molecule has 2 rings (SSSR count). The molecule has 0 atom stereocenters. The van der Waals surface area contributed by atoms with E-state index in [1.165, 1.54) is 0 Å². The van der Waals surface area contributed by atoms with Gasteiger partial charge in [0.05, 0.1) is 11.3 Å². The highest BCUT2D eigenvalue weighted by Crippen LogP contribution is 2.41. The van der Waals surface area contributed by atoms with E-state index in [9.17, 15) is 13.2 Å². The van der Waals surface area contributed by atoms with Gasteiger partial charge in [0.25, 0.3) is 0 Å². The summed E-state index contributed by atoms with van der Waals surface area (Å²) >= 11 is 6.46. The third-order valence-corrected chi connectivity index (χ3v) is 3.98. The minimum absolute atomic E-state index is 0.487. The second-order valence-corrected chi connectivity index (χ2v) is 5.69. The summed E-state index contributed by atoms with van der Waals surface area (Å²) in [5.74, 6) is 0. The van der Waals surface area contributed by atoms with E-state index in [2.05, 4.69) is 36.8 Å². The first-order valence-electron chi connectivity index (χ1n) is 5.21. The van der Waals surface area contributed by atoms with Crippen LogP contribution < -0.4 is 4.90 Å². The Labute approximate surface area is 114 Å². The first kappa shape index (κ1) is 13.2. The van der Waals surface area contributed by atoms with Crippen molar-refractivity contribution in [3.05, 3.63) is 26.6 Å². The molecule has 0 unspecified atom stereocenters.